The topological polar surface area (TPSA) is 41.6 Å². The molecule has 1 fully saturated rings. The van der Waals surface area contributed by atoms with Crippen LogP contribution >= 0.6 is 0 Å². The second kappa shape index (κ2) is 6.68. The van der Waals surface area contributed by atoms with Crippen molar-refractivity contribution >= 4 is 5.78 Å². The van der Waals surface area contributed by atoms with E-state index in [-0.39, 0.29) is 11.8 Å². The fraction of sp³-hybridized carbons (Fsp3) is 0.533. The van der Waals surface area contributed by atoms with Crippen LogP contribution in [-0.2, 0) is 4.79 Å². The van der Waals surface area contributed by atoms with E-state index in [2.05, 4.69) is 10.2 Å². The summed E-state index contributed by atoms with van der Waals surface area (Å²) in [5, 5.41) is 3.31. The molecule has 1 aliphatic rings. The molecule has 1 atom stereocenters. The van der Waals surface area contributed by atoms with Crippen LogP contribution in [0.15, 0.2) is 24.3 Å². The smallest absolute Gasteiger partial charge is 0.151 e. The van der Waals surface area contributed by atoms with Crippen LogP contribution < -0.4 is 10.1 Å². The normalized spacial score (nSPS) is 18.0. The van der Waals surface area contributed by atoms with Crippen LogP contribution in [0.4, 0.5) is 0 Å². The van der Waals surface area contributed by atoms with Crippen molar-refractivity contribution in [3.05, 3.63) is 29.8 Å². The minimum atomic E-state index is -0.127. The summed E-state index contributed by atoms with van der Waals surface area (Å²) >= 11 is 0. The van der Waals surface area contributed by atoms with E-state index in [1.807, 2.05) is 31.2 Å². The van der Waals surface area contributed by atoms with Crippen LogP contribution in [0.25, 0.3) is 0 Å². The van der Waals surface area contributed by atoms with Gasteiger partial charge in [-0.2, -0.15) is 0 Å². The molecule has 0 aliphatic carbocycles. The van der Waals surface area contributed by atoms with Crippen molar-refractivity contribution in [1.29, 1.82) is 0 Å². The number of nitrogens with zero attached hydrogens (tertiary/aromatic N) is 1. The number of rotatable bonds is 5. The largest absolute Gasteiger partial charge is 0.494 e. The standard InChI is InChI=1S/C15H22N2O2/c1-3-19-14-6-4-13(5-7-14)15(12(2)18)17-10-8-16-9-11-17/h4-7,15-16H,3,8-11H2,1-2H3. The highest BCUT2D eigenvalue weighted by molar-refractivity contribution is 5.83. The van der Waals surface area contributed by atoms with Crippen molar-refractivity contribution in [2.24, 2.45) is 0 Å². The molecule has 0 radical (unpaired) electrons. The third-order valence-corrected chi connectivity index (χ3v) is 3.41. The van der Waals surface area contributed by atoms with Gasteiger partial charge in [0.05, 0.1) is 12.6 Å². The molecule has 0 spiro atoms. The predicted molar refractivity (Wildman–Crippen MR) is 75.5 cm³/mol. The Morgan fingerprint density at radius 2 is 1.95 bits per heavy atom. The molecule has 104 valence electrons. The summed E-state index contributed by atoms with van der Waals surface area (Å²) in [5.41, 5.74) is 1.05. The lowest BCUT2D eigenvalue weighted by atomic mass is 10.0. The summed E-state index contributed by atoms with van der Waals surface area (Å²) < 4.78 is 5.44. The highest BCUT2D eigenvalue weighted by Gasteiger charge is 2.25. The molecule has 4 nitrogen and oxygen atoms in total. The zero-order valence-electron chi connectivity index (χ0n) is 11.7. The third kappa shape index (κ3) is 3.55. The summed E-state index contributed by atoms with van der Waals surface area (Å²) in [6.45, 7) is 8.01. The lowest BCUT2D eigenvalue weighted by molar-refractivity contribution is -0.122. The summed E-state index contributed by atoms with van der Waals surface area (Å²) in [4.78, 5) is 14.2. The van der Waals surface area contributed by atoms with E-state index in [1.54, 1.807) is 6.92 Å². The van der Waals surface area contributed by atoms with Crippen LogP contribution in [-0.4, -0.2) is 43.5 Å². The molecule has 0 amide bonds. The molecule has 1 unspecified atom stereocenters. The Bertz CT molecular complexity index is 411. The van der Waals surface area contributed by atoms with E-state index in [0.29, 0.717) is 6.61 Å². The van der Waals surface area contributed by atoms with Crippen LogP contribution in [0.2, 0.25) is 0 Å². The number of Topliss-reactive ketones (excluding diaryl/α,β-unsaturated/α-hetero) is 1. The van der Waals surface area contributed by atoms with E-state index in [4.69, 9.17) is 4.74 Å². The minimum Gasteiger partial charge on any atom is -0.494 e. The number of carbonyl (C=O) groups excluding carboxylic acids is 1. The molecule has 19 heavy (non-hydrogen) atoms. The van der Waals surface area contributed by atoms with Crippen LogP contribution in [0.3, 0.4) is 0 Å². The fourth-order valence-corrected chi connectivity index (χ4v) is 2.56. The van der Waals surface area contributed by atoms with E-state index in [0.717, 1.165) is 37.5 Å². The highest BCUT2D eigenvalue weighted by atomic mass is 16.5. The Labute approximate surface area is 114 Å². The van der Waals surface area contributed by atoms with Gasteiger partial charge in [0, 0.05) is 26.2 Å². The van der Waals surface area contributed by atoms with Gasteiger partial charge in [-0.15, -0.1) is 0 Å². The van der Waals surface area contributed by atoms with Crippen molar-refractivity contribution in [2.45, 2.75) is 19.9 Å². The maximum atomic E-state index is 12.0. The highest BCUT2D eigenvalue weighted by Crippen LogP contribution is 2.24. The molecular weight excluding hydrogens is 240 g/mol. The predicted octanol–water partition coefficient (Wildman–Crippen LogP) is 1.62. The molecule has 1 heterocycles. The summed E-state index contributed by atoms with van der Waals surface area (Å²) in [5.74, 6) is 1.06. The zero-order chi connectivity index (χ0) is 13.7. The van der Waals surface area contributed by atoms with Gasteiger partial charge in [0.1, 0.15) is 5.75 Å². The Balaban J connectivity index is 2.15. The van der Waals surface area contributed by atoms with Crippen molar-refractivity contribution in [2.75, 3.05) is 32.8 Å². The second-order valence-corrected chi connectivity index (χ2v) is 4.80. The van der Waals surface area contributed by atoms with Gasteiger partial charge < -0.3 is 10.1 Å². The molecule has 2 rings (SSSR count). The lowest BCUT2D eigenvalue weighted by Crippen LogP contribution is -2.46. The molecule has 0 bridgehead atoms. The molecule has 0 aromatic heterocycles. The number of ether oxygens (including phenoxy) is 1. The third-order valence-electron chi connectivity index (χ3n) is 3.41. The van der Waals surface area contributed by atoms with Crippen molar-refractivity contribution < 1.29 is 9.53 Å². The monoisotopic (exact) mass is 262 g/mol. The first-order valence-electron chi connectivity index (χ1n) is 6.90. The van der Waals surface area contributed by atoms with Gasteiger partial charge in [-0.3, -0.25) is 9.69 Å². The molecule has 1 aliphatic heterocycles. The van der Waals surface area contributed by atoms with Gasteiger partial charge in [0.25, 0.3) is 0 Å². The van der Waals surface area contributed by atoms with Gasteiger partial charge in [-0.1, -0.05) is 12.1 Å². The molecular formula is C15H22N2O2. The summed E-state index contributed by atoms with van der Waals surface area (Å²) in [6, 6.07) is 7.75. The van der Waals surface area contributed by atoms with E-state index < -0.39 is 0 Å². The SMILES string of the molecule is CCOc1ccc(C(C(C)=O)N2CCNCC2)cc1. The average molecular weight is 262 g/mol. The molecule has 1 saturated heterocycles. The molecule has 1 aromatic carbocycles. The number of carbonyl (C=O) groups is 1. The van der Waals surface area contributed by atoms with E-state index >= 15 is 0 Å². The number of piperazine rings is 1. The minimum absolute atomic E-state index is 0.127. The fourth-order valence-electron chi connectivity index (χ4n) is 2.56. The van der Waals surface area contributed by atoms with Gasteiger partial charge in [0.2, 0.25) is 0 Å². The summed E-state index contributed by atoms with van der Waals surface area (Å²) in [7, 11) is 0. The van der Waals surface area contributed by atoms with Crippen molar-refractivity contribution in [3.8, 4) is 5.75 Å². The number of benzene rings is 1. The zero-order valence-corrected chi connectivity index (χ0v) is 11.7. The first-order valence-corrected chi connectivity index (χ1v) is 6.90. The average Bonchev–Trinajstić information content (AvgIpc) is 2.42. The Hall–Kier alpha value is -1.39. The van der Waals surface area contributed by atoms with Crippen LogP contribution in [0, 0.1) is 0 Å². The van der Waals surface area contributed by atoms with Crippen LogP contribution in [0.1, 0.15) is 25.5 Å². The second-order valence-electron chi connectivity index (χ2n) is 4.80. The van der Waals surface area contributed by atoms with Gasteiger partial charge in [0.15, 0.2) is 5.78 Å². The van der Waals surface area contributed by atoms with Crippen molar-refractivity contribution in [1.82, 2.24) is 10.2 Å². The number of hydrogen-bond donors (Lipinski definition) is 1. The summed E-state index contributed by atoms with van der Waals surface area (Å²) in [6.07, 6.45) is 0. The molecule has 1 N–H and O–H groups in total. The Morgan fingerprint density at radius 1 is 1.32 bits per heavy atom. The molecule has 1 aromatic rings. The Morgan fingerprint density at radius 3 is 2.47 bits per heavy atom. The lowest BCUT2D eigenvalue weighted by Gasteiger charge is -2.33. The maximum absolute atomic E-state index is 12.0. The molecule has 0 saturated carbocycles. The Kier molecular flexibility index (Phi) is 4.93. The first-order chi connectivity index (χ1) is 9.22. The van der Waals surface area contributed by atoms with Crippen LogP contribution in [0.5, 0.6) is 5.75 Å². The van der Waals surface area contributed by atoms with E-state index in [1.165, 1.54) is 0 Å². The van der Waals surface area contributed by atoms with E-state index in [9.17, 15) is 4.79 Å². The number of hydrogen-bond acceptors (Lipinski definition) is 4. The van der Waals surface area contributed by atoms with Crippen molar-refractivity contribution in [3.63, 3.8) is 0 Å². The first kappa shape index (κ1) is 14.0. The maximum Gasteiger partial charge on any atom is 0.151 e. The van der Waals surface area contributed by atoms with Gasteiger partial charge >= 0.3 is 0 Å². The number of ketones is 1. The quantitative estimate of drug-likeness (QED) is 0.875. The van der Waals surface area contributed by atoms with Gasteiger partial charge in [-0.25, -0.2) is 0 Å². The number of nitrogens with one attached hydrogen (secondary N) is 1. The van der Waals surface area contributed by atoms with Gasteiger partial charge in [-0.05, 0) is 31.5 Å². The molecule has 4 heteroatoms.